The number of hydrogen-bond acceptors (Lipinski definition) is 5. The van der Waals surface area contributed by atoms with Crippen molar-refractivity contribution in [3.05, 3.63) is 24.0 Å². The van der Waals surface area contributed by atoms with Crippen LogP contribution in [0.5, 0.6) is 0 Å². The standard InChI is InChI=1S/C12H18N2O3/c1-9-5-14(6-12(8-16)17-9)11-2-3-13-10(4-11)7-15/h2-4,9,12,15-16H,5-8H2,1H3. The fraction of sp³-hybridized carbons (Fsp3) is 0.583. The van der Waals surface area contributed by atoms with Crippen LogP contribution < -0.4 is 4.90 Å². The van der Waals surface area contributed by atoms with Gasteiger partial charge in [-0.3, -0.25) is 4.98 Å². The highest BCUT2D eigenvalue weighted by molar-refractivity contribution is 5.47. The zero-order valence-electron chi connectivity index (χ0n) is 9.91. The average molecular weight is 238 g/mol. The van der Waals surface area contributed by atoms with Crippen LogP contribution in [0.15, 0.2) is 18.3 Å². The highest BCUT2D eigenvalue weighted by Crippen LogP contribution is 2.20. The summed E-state index contributed by atoms with van der Waals surface area (Å²) in [6, 6.07) is 3.78. The molecule has 0 radical (unpaired) electrons. The topological polar surface area (TPSA) is 65.8 Å². The maximum Gasteiger partial charge on any atom is 0.0984 e. The Kier molecular flexibility index (Phi) is 3.93. The minimum atomic E-state index is -0.149. The maximum atomic E-state index is 9.17. The summed E-state index contributed by atoms with van der Waals surface area (Å²) < 4.78 is 5.59. The number of aliphatic hydroxyl groups is 2. The van der Waals surface area contributed by atoms with E-state index in [2.05, 4.69) is 9.88 Å². The molecule has 0 bridgehead atoms. The summed E-state index contributed by atoms with van der Waals surface area (Å²) in [5.74, 6) is 0. The van der Waals surface area contributed by atoms with Crippen molar-refractivity contribution in [1.29, 1.82) is 0 Å². The molecular formula is C12H18N2O3. The predicted octanol–water partition coefficient (Wildman–Crippen LogP) is 0.160. The first-order valence-electron chi connectivity index (χ1n) is 5.80. The smallest absolute Gasteiger partial charge is 0.0984 e. The molecule has 1 aromatic rings. The molecule has 1 aliphatic heterocycles. The molecule has 1 aliphatic rings. The van der Waals surface area contributed by atoms with Gasteiger partial charge in [0, 0.05) is 25.0 Å². The van der Waals surface area contributed by atoms with Crippen molar-refractivity contribution < 1.29 is 14.9 Å². The molecule has 2 heterocycles. The van der Waals surface area contributed by atoms with Crippen molar-refractivity contribution in [3.8, 4) is 0 Å². The molecule has 94 valence electrons. The van der Waals surface area contributed by atoms with Crippen LogP contribution in [-0.2, 0) is 11.3 Å². The molecular weight excluding hydrogens is 220 g/mol. The summed E-state index contributed by atoms with van der Waals surface area (Å²) in [5, 5.41) is 18.2. The molecule has 2 atom stereocenters. The zero-order chi connectivity index (χ0) is 12.3. The van der Waals surface area contributed by atoms with Crippen LogP contribution >= 0.6 is 0 Å². The Morgan fingerprint density at radius 3 is 3.00 bits per heavy atom. The molecule has 2 unspecified atom stereocenters. The number of nitrogens with zero attached hydrogens (tertiary/aromatic N) is 2. The molecule has 5 heteroatoms. The van der Waals surface area contributed by atoms with E-state index in [0.29, 0.717) is 12.2 Å². The van der Waals surface area contributed by atoms with Gasteiger partial charge in [0.15, 0.2) is 0 Å². The highest BCUT2D eigenvalue weighted by Gasteiger charge is 2.24. The van der Waals surface area contributed by atoms with Crippen LogP contribution in [0.2, 0.25) is 0 Å². The Morgan fingerprint density at radius 2 is 2.29 bits per heavy atom. The molecule has 17 heavy (non-hydrogen) atoms. The van der Waals surface area contributed by atoms with E-state index >= 15 is 0 Å². The summed E-state index contributed by atoms with van der Waals surface area (Å²) in [5.41, 5.74) is 1.67. The van der Waals surface area contributed by atoms with E-state index in [1.54, 1.807) is 6.20 Å². The maximum absolute atomic E-state index is 9.17. The van der Waals surface area contributed by atoms with Crippen molar-refractivity contribution in [3.63, 3.8) is 0 Å². The van der Waals surface area contributed by atoms with Gasteiger partial charge in [-0.25, -0.2) is 0 Å². The van der Waals surface area contributed by atoms with Crippen LogP contribution in [0.3, 0.4) is 0 Å². The van der Waals surface area contributed by atoms with Crippen molar-refractivity contribution >= 4 is 5.69 Å². The van der Waals surface area contributed by atoms with Gasteiger partial charge in [-0.05, 0) is 19.1 Å². The molecule has 2 N–H and O–H groups in total. The quantitative estimate of drug-likeness (QED) is 0.785. The number of anilines is 1. The van der Waals surface area contributed by atoms with Gasteiger partial charge in [0.05, 0.1) is 31.1 Å². The number of ether oxygens (including phenoxy) is 1. The van der Waals surface area contributed by atoms with E-state index in [9.17, 15) is 5.11 Å². The first-order chi connectivity index (χ1) is 8.22. The monoisotopic (exact) mass is 238 g/mol. The SMILES string of the molecule is CC1CN(c2ccnc(CO)c2)CC(CO)O1. The van der Waals surface area contributed by atoms with Gasteiger partial charge in [0.1, 0.15) is 0 Å². The van der Waals surface area contributed by atoms with Gasteiger partial charge in [0.25, 0.3) is 0 Å². The second-order valence-electron chi connectivity index (χ2n) is 4.32. The largest absolute Gasteiger partial charge is 0.394 e. The van der Waals surface area contributed by atoms with E-state index < -0.39 is 0 Å². The lowest BCUT2D eigenvalue weighted by atomic mass is 10.2. The van der Waals surface area contributed by atoms with Gasteiger partial charge in [0.2, 0.25) is 0 Å². The third-order valence-electron chi connectivity index (χ3n) is 2.86. The lowest BCUT2D eigenvalue weighted by Gasteiger charge is -2.37. The lowest BCUT2D eigenvalue weighted by Crippen LogP contribution is -2.48. The number of aromatic nitrogens is 1. The summed E-state index contributed by atoms with van der Waals surface area (Å²) in [6.07, 6.45) is 1.63. The van der Waals surface area contributed by atoms with Crippen molar-refractivity contribution in [2.75, 3.05) is 24.6 Å². The van der Waals surface area contributed by atoms with Gasteiger partial charge in [-0.1, -0.05) is 0 Å². The molecule has 5 nitrogen and oxygen atoms in total. The Labute approximate surface area is 101 Å². The molecule has 0 aromatic carbocycles. The molecule has 0 saturated carbocycles. The van der Waals surface area contributed by atoms with Crippen LogP contribution in [0.4, 0.5) is 5.69 Å². The average Bonchev–Trinajstić information content (AvgIpc) is 2.38. The van der Waals surface area contributed by atoms with Crippen LogP contribution in [0.1, 0.15) is 12.6 Å². The first-order valence-corrected chi connectivity index (χ1v) is 5.80. The van der Waals surface area contributed by atoms with Crippen molar-refractivity contribution in [2.45, 2.75) is 25.7 Å². The normalized spacial score (nSPS) is 25.0. The van der Waals surface area contributed by atoms with E-state index in [-0.39, 0.29) is 25.4 Å². The molecule has 1 aromatic heterocycles. The number of pyridine rings is 1. The third kappa shape index (κ3) is 2.94. The van der Waals surface area contributed by atoms with Gasteiger partial charge < -0.3 is 19.8 Å². The Bertz CT molecular complexity index is 373. The minimum absolute atomic E-state index is 0.0266. The van der Waals surface area contributed by atoms with Crippen LogP contribution in [-0.4, -0.2) is 47.1 Å². The van der Waals surface area contributed by atoms with E-state index in [1.807, 2.05) is 19.1 Å². The lowest BCUT2D eigenvalue weighted by molar-refractivity contribution is -0.0421. The number of rotatable bonds is 3. The van der Waals surface area contributed by atoms with Crippen LogP contribution in [0.25, 0.3) is 0 Å². The molecule has 2 rings (SSSR count). The Hall–Kier alpha value is -1.17. The summed E-state index contributed by atoms with van der Waals surface area (Å²) >= 11 is 0. The number of morpholine rings is 1. The Balaban J connectivity index is 2.14. The van der Waals surface area contributed by atoms with Crippen molar-refractivity contribution in [2.24, 2.45) is 0 Å². The van der Waals surface area contributed by atoms with Gasteiger partial charge >= 0.3 is 0 Å². The number of hydrogen-bond donors (Lipinski definition) is 2. The zero-order valence-corrected chi connectivity index (χ0v) is 9.91. The van der Waals surface area contributed by atoms with E-state index in [1.165, 1.54) is 0 Å². The summed E-state index contributed by atoms with van der Waals surface area (Å²) in [7, 11) is 0. The predicted molar refractivity (Wildman–Crippen MR) is 63.8 cm³/mol. The van der Waals surface area contributed by atoms with Gasteiger partial charge in [-0.2, -0.15) is 0 Å². The van der Waals surface area contributed by atoms with Crippen molar-refractivity contribution in [1.82, 2.24) is 4.98 Å². The summed E-state index contributed by atoms with van der Waals surface area (Å²) in [6.45, 7) is 3.40. The van der Waals surface area contributed by atoms with Crippen LogP contribution in [0, 0.1) is 0 Å². The fourth-order valence-corrected chi connectivity index (χ4v) is 2.11. The second kappa shape index (κ2) is 5.44. The van der Waals surface area contributed by atoms with E-state index in [4.69, 9.17) is 9.84 Å². The summed E-state index contributed by atoms with van der Waals surface area (Å²) in [4.78, 5) is 6.20. The molecule has 1 fully saturated rings. The molecule has 1 saturated heterocycles. The molecule has 0 aliphatic carbocycles. The molecule has 0 amide bonds. The third-order valence-corrected chi connectivity index (χ3v) is 2.86. The number of aliphatic hydroxyl groups excluding tert-OH is 2. The highest BCUT2D eigenvalue weighted by atomic mass is 16.5. The fourth-order valence-electron chi connectivity index (χ4n) is 2.11. The first kappa shape index (κ1) is 12.3. The minimum Gasteiger partial charge on any atom is -0.394 e. The second-order valence-corrected chi connectivity index (χ2v) is 4.32. The Morgan fingerprint density at radius 1 is 1.47 bits per heavy atom. The van der Waals surface area contributed by atoms with Gasteiger partial charge in [-0.15, -0.1) is 0 Å². The van der Waals surface area contributed by atoms with E-state index in [0.717, 1.165) is 12.2 Å². The molecule has 0 spiro atoms.